The first-order chi connectivity index (χ1) is 4.46. The molecule has 60 valence electrons. The van der Waals surface area contributed by atoms with Crippen LogP contribution in [-0.4, -0.2) is 6.69 Å². The lowest BCUT2D eigenvalue weighted by Crippen LogP contribution is -2.38. The molecule has 0 aliphatic carbocycles. The van der Waals surface area contributed by atoms with Gasteiger partial charge in [-0.25, -0.2) is 0 Å². The lowest BCUT2D eigenvalue weighted by molar-refractivity contribution is 0.520. The third kappa shape index (κ3) is 1.47. The zero-order valence-corrected chi connectivity index (χ0v) is 9.79. The second kappa shape index (κ2) is 2.63. The Morgan fingerprint density at radius 3 is 2.20 bits per heavy atom. The fourth-order valence-electron chi connectivity index (χ4n) is 1.62. The first-order valence-corrected chi connectivity index (χ1v) is 9.11. The van der Waals surface area contributed by atoms with Crippen LogP contribution < -0.4 is 0 Å². The monoisotopic (exact) mass is 220 g/mol. The molecule has 2 heteroatoms. The van der Waals surface area contributed by atoms with Crippen LogP contribution in [0.3, 0.4) is 0 Å². The second-order valence-electron chi connectivity index (χ2n) is 4.29. The van der Waals surface area contributed by atoms with Crippen molar-refractivity contribution in [3.05, 3.63) is 0 Å². The van der Waals surface area contributed by atoms with Gasteiger partial charge in [-0.1, -0.05) is 33.2 Å². The molecule has 0 amide bonds. The van der Waals surface area contributed by atoms with Gasteiger partial charge in [0, 0.05) is 0 Å². The molecular weight excluding hydrogens is 204 g/mol. The van der Waals surface area contributed by atoms with E-state index in [0.29, 0.717) is 5.04 Å². The van der Waals surface area contributed by atoms with E-state index < -0.39 is 6.69 Å². The van der Waals surface area contributed by atoms with E-state index in [-0.39, 0.29) is 0 Å². The third-order valence-electron chi connectivity index (χ3n) is 3.11. The van der Waals surface area contributed by atoms with Gasteiger partial charge in [0.1, 0.15) is 6.69 Å². The molecule has 1 aliphatic heterocycles. The van der Waals surface area contributed by atoms with Crippen LogP contribution in [0.5, 0.6) is 0 Å². The number of hydrogen-bond donors (Lipinski definition) is 0. The Kier molecular flexibility index (Phi) is 2.31. The minimum absolute atomic E-state index is 0.630. The van der Waals surface area contributed by atoms with Gasteiger partial charge in [0.05, 0.1) is 0 Å². The fourth-order valence-corrected chi connectivity index (χ4v) is 5.35. The second-order valence-corrected chi connectivity index (χ2v) is 13.8. The SMILES string of the molecule is CC1(C)CCCC[Si]1(C)Br. The van der Waals surface area contributed by atoms with Crippen LogP contribution in [0.25, 0.3) is 0 Å². The molecule has 0 bridgehead atoms. The maximum atomic E-state index is 3.95. The Morgan fingerprint density at radius 1 is 1.30 bits per heavy atom. The van der Waals surface area contributed by atoms with Gasteiger partial charge >= 0.3 is 0 Å². The molecular formula is C8H17BrSi. The van der Waals surface area contributed by atoms with Crippen molar-refractivity contribution < 1.29 is 0 Å². The fraction of sp³-hybridized carbons (Fsp3) is 1.00. The van der Waals surface area contributed by atoms with Crippen molar-refractivity contribution in [1.29, 1.82) is 0 Å². The molecule has 0 aromatic carbocycles. The molecule has 1 rings (SSSR count). The maximum absolute atomic E-state index is 3.95. The van der Waals surface area contributed by atoms with Crippen molar-refractivity contribution >= 4 is 22.0 Å². The zero-order chi connectivity index (χ0) is 7.83. The predicted molar refractivity (Wildman–Crippen MR) is 53.2 cm³/mol. The van der Waals surface area contributed by atoms with Crippen molar-refractivity contribution in [2.45, 2.75) is 50.7 Å². The molecule has 0 spiro atoms. The highest BCUT2D eigenvalue weighted by molar-refractivity contribution is 9.26. The van der Waals surface area contributed by atoms with Gasteiger partial charge < -0.3 is 0 Å². The van der Waals surface area contributed by atoms with Crippen LogP contribution in [0.4, 0.5) is 0 Å². The number of rotatable bonds is 0. The Labute approximate surface area is 73.0 Å². The summed E-state index contributed by atoms with van der Waals surface area (Å²) in [4.78, 5) is 0. The molecule has 1 atom stereocenters. The van der Waals surface area contributed by atoms with Gasteiger partial charge in [-0.05, 0) is 17.5 Å². The molecule has 1 unspecified atom stereocenters. The van der Waals surface area contributed by atoms with Crippen LogP contribution in [0.15, 0.2) is 0 Å². The summed E-state index contributed by atoms with van der Waals surface area (Å²) >= 11 is 3.95. The zero-order valence-electron chi connectivity index (χ0n) is 7.21. The summed E-state index contributed by atoms with van der Waals surface area (Å²) in [6, 6.07) is 1.47. The Hall–Kier alpha value is 0.697. The largest absolute Gasteiger partial charge is 0.132 e. The number of hydrogen-bond acceptors (Lipinski definition) is 0. The lowest BCUT2D eigenvalue weighted by atomic mass is 10.1. The van der Waals surface area contributed by atoms with Crippen LogP contribution in [0.2, 0.25) is 17.6 Å². The van der Waals surface area contributed by atoms with Crippen LogP contribution in [0, 0.1) is 0 Å². The van der Waals surface area contributed by atoms with Crippen LogP contribution in [-0.2, 0) is 0 Å². The van der Waals surface area contributed by atoms with Gasteiger partial charge in [-0.15, -0.1) is 15.3 Å². The molecule has 0 radical (unpaired) electrons. The molecule has 1 aliphatic rings. The van der Waals surface area contributed by atoms with E-state index in [2.05, 4.69) is 35.7 Å². The van der Waals surface area contributed by atoms with Crippen molar-refractivity contribution in [3.63, 3.8) is 0 Å². The van der Waals surface area contributed by atoms with Crippen molar-refractivity contribution in [2.75, 3.05) is 0 Å². The summed E-state index contributed by atoms with van der Waals surface area (Å²) in [7, 11) is 0. The molecule has 1 saturated heterocycles. The average Bonchev–Trinajstić information content (AvgIpc) is 1.77. The summed E-state index contributed by atoms with van der Waals surface area (Å²) in [5, 5.41) is 0.630. The van der Waals surface area contributed by atoms with E-state index in [9.17, 15) is 0 Å². The van der Waals surface area contributed by atoms with E-state index >= 15 is 0 Å². The summed E-state index contributed by atoms with van der Waals surface area (Å²) in [5.74, 6) is 0. The molecule has 1 fully saturated rings. The standard InChI is InChI=1S/C8H17BrSi/c1-8(2)6-4-5-7-10(8,3)9/h4-7H2,1-3H3. The van der Waals surface area contributed by atoms with Crippen molar-refractivity contribution in [3.8, 4) is 0 Å². The topological polar surface area (TPSA) is 0 Å². The van der Waals surface area contributed by atoms with Crippen molar-refractivity contribution in [1.82, 2.24) is 0 Å². The maximum Gasteiger partial charge on any atom is 0.132 e. The van der Waals surface area contributed by atoms with Gasteiger partial charge in [-0.2, -0.15) is 0 Å². The Bertz CT molecular complexity index is 113. The van der Waals surface area contributed by atoms with E-state index in [4.69, 9.17) is 0 Å². The quantitative estimate of drug-likeness (QED) is 0.429. The lowest BCUT2D eigenvalue weighted by Gasteiger charge is -2.42. The Morgan fingerprint density at radius 2 is 1.90 bits per heavy atom. The highest BCUT2D eigenvalue weighted by Crippen LogP contribution is 2.51. The summed E-state index contributed by atoms with van der Waals surface area (Å²) in [6.45, 7) is 6.31. The molecule has 0 saturated carbocycles. The van der Waals surface area contributed by atoms with E-state index in [1.807, 2.05) is 0 Å². The normalized spacial score (nSPS) is 39.6. The number of halogens is 1. The minimum atomic E-state index is -1.01. The Balaban J connectivity index is 2.70. The van der Waals surface area contributed by atoms with Crippen LogP contribution >= 0.6 is 15.3 Å². The summed E-state index contributed by atoms with van der Waals surface area (Å²) in [5.41, 5.74) is 0. The van der Waals surface area contributed by atoms with E-state index in [0.717, 1.165) is 0 Å². The van der Waals surface area contributed by atoms with Crippen molar-refractivity contribution in [2.24, 2.45) is 0 Å². The summed E-state index contributed by atoms with van der Waals surface area (Å²) in [6.07, 6.45) is 4.33. The predicted octanol–water partition coefficient (Wildman–Crippen LogP) is 3.92. The van der Waals surface area contributed by atoms with Gasteiger partial charge in [0.15, 0.2) is 0 Å². The summed E-state index contributed by atoms with van der Waals surface area (Å²) < 4.78 is 0. The van der Waals surface area contributed by atoms with Gasteiger partial charge in [0.2, 0.25) is 0 Å². The molecule has 0 aromatic rings. The van der Waals surface area contributed by atoms with Gasteiger partial charge in [-0.3, -0.25) is 0 Å². The molecule has 0 aromatic heterocycles. The molecule has 0 nitrogen and oxygen atoms in total. The third-order valence-corrected chi connectivity index (χ3v) is 11.9. The minimum Gasteiger partial charge on any atom is -0.126 e. The molecule has 1 heterocycles. The van der Waals surface area contributed by atoms with E-state index in [1.54, 1.807) is 0 Å². The first-order valence-electron chi connectivity index (χ1n) is 4.15. The van der Waals surface area contributed by atoms with Crippen LogP contribution in [0.1, 0.15) is 33.1 Å². The smallest absolute Gasteiger partial charge is 0.126 e. The molecule has 0 N–H and O–H groups in total. The first kappa shape index (κ1) is 8.79. The highest BCUT2D eigenvalue weighted by Gasteiger charge is 2.42. The molecule has 10 heavy (non-hydrogen) atoms. The van der Waals surface area contributed by atoms with Gasteiger partial charge in [0.25, 0.3) is 0 Å². The average molecular weight is 221 g/mol. The highest BCUT2D eigenvalue weighted by atomic mass is 79.9. The van der Waals surface area contributed by atoms with E-state index in [1.165, 1.54) is 25.3 Å².